The van der Waals surface area contributed by atoms with E-state index in [9.17, 15) is 9.90 Å². The topological polar surface area (TPSA) is 65.5 Å². The third kappa shape index (κ3) is 3.80. The number of hydrogen-bond donors (Lipinski definition) is 2. The van der Waals surface area contributed by atoms with Gasteiger partial charge in [-0.1, -0.05) is 30.3 Å². The molecular weight excluding hydrogens is 302 g/mol. The molecule has 1 fully saturated rings. The summed E-state index contributed by atoms with van der Waals surface area (Å²) in [5, 5.41) is 12.8. The maximum absolute atomic E-state index is 13.0. The van der Waals surface area contributed by atoms with Crippen molar-refractivity contribution in [3.63, 3.8) is 0 Å². The van der Waals surface area contributed by atoms with Crippen molar-refractivity contribution in [2.45, 2.75) is 31.9 Å². The van der Waals surface area contributed by atoms with Gasteiger partial charge in [-0.05, 0) is 37.5 Å². The number of anilines is 1. The number of aliphatic hydroxyl groups excluding tert-OH is 1. The lowest BCUT2D eigenvalue weighted by molar-refractivity contribution is -0.122. The summed E-state index contributed by atoms with van der Waals surface area (Å²) in [6, 6.07) is 13.1. The Bertz CT molecular complexity index is 682. The summed E-state index contributed by atoms with van der Waals surface area (Å²) in [6.45, 7) is 3.30. The first-order valence-corrected chi connectivity index (χ1v) is 8.34. The van der Waals surface area contributed by atoms with Gasteiger partial charge in [-0.2, -0.15) is 0 Å². The van der Waals surface area contributed by atoms with Crippen LogP contribution in [0.1, 0.15) is 30.1 Å². The number of aromatic nitrogens is 1. The van der Waals surface area contributed by atoms with Gasteiger partial charge in [0.25, 0.3) is 0 Å². The Labute approximate surface area is 142 Å². The van der Waals surface area contributed by atoms with Gasteiger partial charge in [0.05, 0.1) is 17.5 Å². The van der Waals surface area contributed by atoms with Gasteiger partial charge < -0.3 is 10.4 Å². The maximum Gasteiger partial charge on any atom is 0.246 e. The Kier molecular flexibility index (Phi) is 5.23. The van der Waals surface area contributed by atoms with Gasteiger partial charge in [0.15, 0.2) is 0 Å². The number of amides is 1. The first-order valence-electron chi connectivity index (χ1n) is 8.34. The molecule has 0 spiro atoms. The fraction of sp³-hybridized carbons (Fsp3) is 0.368. The number of benzene rings is 1. The predicted molar refractivity (Wildman–Crippen MR) is 93.6 cm³/mol. The van der Waals surface area contributed by atoms with Crippen LogP contribution >= 0.6 is 0 Å². The molecule has 1 atom stereocenters. The number of nitrogens with zero attached hydrogens (tertiary/aromatic N) is 2. The maximum atomic E-state index is 13.0. The molecule has 0 radical (unpaired) electrons. The van der Waals surface area contributed by atoms with E-state index in [0.29, 0.717) is 25.9 Å². The van der Waals surface area contributed by atoms with E-state index >= 15 is 0 Å². The van der Waals surface area contributed by atoms with E-state index in [1.54, 1.807) is 6.20 Å². The predicted octanol–water partition coefficient (Wildman–Crippen LogP) is 2.53. The van der Waals surface area contributed by atoms with Crippen molar-refractivity contribution in [2.24, 2.45) is 0 Å². The van der Waals surface area contributed by atoms with Crippen LogP contribution in [0.5, 0.6) is 0 Å². The summed E-state index contributed by atoms with van der Waals surface area (Å²) in [5.74, 6) is -0.0614. The second-order valence-corrected chi connectivity index (χ2v) is 6.21. The van der Waals surface area contributed by atoms with Gasteiger partial charge in [-0.15, -0.1) is 0 Å². The Morgan fingerprint density at radius 2 is 1.92 bits per heavy atom. The van der Waals surface area contributed by atoms with E-state index in [2.05, 4.69) is 15.2 Å². The van der Waals surface area contributed by atoms with Crippen LogP contribution in [0.15, 0.2) is 48.7 Å². The van der Waals surface area contributed by atoms with Gasteiger partial charge >= 0.3 is 0 Å². The summed E-state index contributed by atoms with van der Waals surface area (Å²) in [6.07, 6.45) is 2.85. The number of rotatable bonds is 4. The molecule has 2 N–H and O–H groups in total. The van der Waals surface area contributed by atoms with Crippen molar-refractivity contribution in [3.05, 3.63) is 59.9 Å². The van der Waals surface area contributed by atoms with Gasteiger partial charge in [0, 0.05) is 19.3 Å². The van der Waals surface area contributed by atoms with Crippen molar-refractivity contribution in [3.8, 4) is 0 Å². The lowest BCUT2D eigenvalue weighted by Gasteiger charge is -2.35. The lowest BCUT2D eigenvalue weighted by atomic mass is 9.99. The number of pyridine rings is 1. The molecule has 0 bridgehead atoms. The lowest BCUT2D eigenvalue weighted by Crippen LogP contribution is -2.43. The molecular formula is C19H23N3O2. The fourth-order valence-corrected chi connectivity index (χ4v) is 3.12. The van der Waals surface area contributed by atoms with Gasteiger partial charge in [-0.3, -0.25) is 14.7 Å². The first kappa shape index (κ1) is 16.6. The molecule has 1 aromatic heterocycles. The largest absolute Gasteiger partial charge is 0.393 e. The van der Waals surface area contributed by atoms with Crippen molar-refractivity contribution in [1.29, 1.82) is 0 Å². The van der Waals surface area contributed by atoms with E-state index < -0.39 is 0 Å². The van der Waals surface area contributed by atoms with Crippen molar-refractivity contribution in [1.82, 2.24) is 9.88 Å². The summed E-state index contributed by atoms with van der Waals surface area (Å²) < 4.78 is 0. The molecule has 1 amide bonds. The average molecular weight is 325 g/mol. The van der Waals surface area contributed by atoms with E-state index in [-0.39, 0.29) is 18.1 Å². The summed E-state index contributed by atoms with van der Waals surface area (Å²) >= 11 is 0. The van der Waals surface area contributed by atoms with Crippen LogP contribution in [0.25, 0.3) is 0 Å². The minimum atomic E-state index is -0.363. The minimum absolute atomic E-state index is 0.0614. The molecule has 1 saturated heterocycles. The smallest absolute Gasteiger partial charge is 0.246 e. The fourth-order valence-electron chi connectivity index (χ4n) is 3.12. The van der Waals surface area contributed by atoms with E-state index in [0.717, 1.165) is 16.9 Å². The molecule has 0 aliphatic carbocycles. The zero-order valence-corrected chi connectivity index (χ0v) is 13.9. The number of carbonyl (C=O) groups excluding carboxylic acids is 1. The van der Waals surface area contributed by atoms with Crippen LogP contribution in [-0.2, 0) is 4.79 Å². The molecule has 3 rings (SSSR count). The first-order chi connectivity index (χ1) is 11.6. The number of carbonyl (C=O) groups is 1. The summed E-state index contributed by atoms with van der Waals surface area (Å²) in [7, 11) is 0. The molecule has 1 aliphatic heterocycles. The highest BCUT2D eigenvalue weighted by Gasteiger charge is 2.30. The molecule has 1 aromatic carbocycles. The zero-order valence-electron chi connectivity index (χ0n) is 13.9. The molecule has 126 valence electrons. The Balaban J connectivity index is 1.84. The standard InChI is InChI=1S/C19H23N3O2/c1-14-17(8-5-11-20-14)21-19(24)18(15-6-3-2-4-7-15)22-12-9-16(23)10-13-22/h2-8,11,16,18,23H,9-10,12-13H2,1H3,(H,21,24)/t18-/m0/s1. The van der Waals surface area contributed by atoms with Gasteiger partial charge in [0.1, 0.15) is 6.04 Å². The monoisotopic (exact) mass is 325 g/mol. The molecule has 2 aromatic rings. The summed E-state index contributed by atoms with van der Waals surface area (Å²) in [5.41, 5.74) is 2.50. The second kappa shape index (κ2) is 7.55. The molecule has 5 nitrogen and oxygen atoms in total. The highest BCUT2D eigenvalue weighted by Crippen LogP contribution is 2.26. The molecule has 2 heterocycles. The van der Waals surface area contributed by atoms with Crippen LogP contribution in [-0.4, -0.2) is 40.1 Å². The van der Waals surface area contributed by atoms with Crippen molar-refractivity contribution >= 4 is 11.6 Å². The van der Waals surface area contributed by atoms with E-state index in [1.807, 2.05) is 49.4 Å². The SMILES string of the molecule is Cc1ncccc1NC(=O)[C@H](c1ccccc1)N1CCC(O)CC1. The number of piperidine rings is 1. The zero-order chi connectivity index (χ0) is 16.9. The Morgan fingerprint density at radius 3 is 2.58 bits per heavy atom. The highest BCUT2D eigenvalue weighted by molar-refractivity contribution is 5.96. The van der Waals surface area contributed by atoms with Crippen molar-refractivity contribution in [2.75, 3.05) is 18.4 Å². The number of aryl methyl sites for hydroxylation is 1. The number of nitrogens with one attached hydrogen (secondary N) is 1. The van der Waals surface area contributed by atoms with Crippen LogP contribution in [0.2, 0.25) is 0 Å². The molecule has 0 saturated carbocycles. The van der Waals surface area contributed by atoms with E-state index in [4.69, 9.17) is 0 Å². The molecule has 1 aliphatic rings. The second-order valence-electron chi connectivity index (χ2n) is 6.21. The Morgan fingerprint density at radius 1 is 1.21 bits per heavy atom. The average Bonchev–Trinajstić information content (AvgIpc) is 2.60. The number of hydrogen-bond acceptors (Lipinski definition) is 4. The van der Waals surface area contributed by atoms with Gasteiger partial charge in [0.2, 0.25) is 5.91 Å². The van der Waals surface area contributed by atoms with Crippen LogP contribution in [0, 0.1) is 6.92 Å². The number of likely N-dealkylation sites (tertiary alicyclic amines) is 1. The van der Waals surface area contributed by atoms with Crippen LogP contribution < -0.4 is 5.32 Å². The molecule has 24 heavy (non-hydrogen) atoms. The quantitative estimate of drug-likeness (QED) is 0.906. The van der Waals surface area contributed by atoms with Crippen LogP contribution in [0.3, 0.4) is 0 Å². The third-order valence-corrected chi connectivity index (χ3v) is 4.49. The van der Waals surface area contributed by atoms with Crippen LogP contribution in [0.4, 0.5) is 5.69 Å². The van der Waals surface area contributed by atoms with Crippen molar-refractivity contribution < 1.29 is 9.90 Å². The number of aliphatic hydroxyl groups is 1. The third-order valence-electron chi connectivity index (χ3n) is 4.49. The minimum Gasteiger partial charge on any atom is -0.393 e. The normalized spacial score (nSPS) is 17.4. The Hall–Kier alpha value is -2.24. The molecule has 0 unspecified atom stereocenters. The van der Waals surface area contributed by atoms with Gasteiger partial charge in [-0.25, -0.2) is 0 Å². The highest BCUT2D eigenvalue weighted by atomic mass is 16.3. The van der Waals surface area contributed by atoms with E-state index in [1.165, 1.54) is 0 Å². The summed E-state index contributed by atoms with van der Waals surface area (Å²) in [4.78, 5) is 19.4. The molecule has 5 heteroatoms.